The highest BCUT2D eigenvalue weighted by atomic mass is 16.3. The third kappa shape index (κ3) is 2.24. The van der Waals surface area contributed by atoms with Gasteiger partial charge in [-0.15, -0.1) is 0 Å². The lowest BCUT2D eigenvalue weighted by atomic mass is 9.76. The Labute approximate surface area is 103 Å². The molecule has 2 nitrogen and oxygen atoms in total. The zero-order valence-corrected chi connectivity index (χ0v) is 10.7. The number of aliphatic hydroxyl groups is 2. The maximum Gasteiger partial charge on any atom is 0.0684 e. The predicted molar refractivity (Wildman–Crippen MR) is 69.5 cm³/mol. The van der Waals surface area contributed by atoms with Crippen LogP contribution in [-0.2, 0) is 0 Å². The molecule has 0 aliphatic heterocycles. The van der Waals surface area contributed by atoms with E-state index in [2.05, 4.69) is 26.5 Å². The van der Waals surface area contributed by atoms with Crippen molar-refractivity contribution in [2.75, 3.05) is 13.2 Å². The largest absolute Gasteiger partial charge is 0.392 e. The summed E-state index contributed by atoms with van der Waals surface area (Å²) in [5, 5.41) is 18.5. The van der Waals surface area contributed by atoms with Gasteiger partial charge in [0, 0.05) is 0 Å². The first kappa shape index (κ1) is 12.6. The second-order valence-corrected chi connectivity index (χ2v) is 6.02. The minimum absolute atomic E-state index is 0.00642. The Balaban J connectivity index is 2.36. The molecule has 17 heavy (non-hydrogen) atoms. The third-order valence-electron chi connectivity index (χ3n) is 4.10. The monoisotopic (exact) mass is 234 g/mol. The molecule has 2 heteroatoms. The van der Waals surface area contributed by atoms with Gasteiger partial charge in [0.15, 0.2) is 0 Å². The Hall–Kier alpha value is -0.860. The SMILES string of the molecule is C=C1/C(=C\CO)C(CO)=C[C@@H]2CC(C)(C)C[C@@H]12. The van der Waals surface area contributed by atoms with Crippen LogP contribution in [-0.4, -0.2) is 23.4 Å². The Morgan fingerprint density at radius 2 is 2.12 bits per heavy atom. The van der Waals surface area contributed by atoms with Crippen molar-refractivity contribution in [1.29, 1.82) is 0 Å². The van der Waals surface area contributed by atoms with Gasteiger partial charge in [0.1, 0.15) is 0 Å². The van der Waals surface area contributed by atoms with Gasteiger partial charge in [0.2, 0.25) is 0 Å². The van der Waals surface area contributed by atoms with Gasteiger partial charge in [0.25, 0.3) is 0 Å². The van der Waals surface area contributed by atoms with E-state index in [1.165, 1.54) is 0 Å². The Morgan fingerprint density at radius 3 is 2.71 bits per heavy atom. The Bertz CT molecular complexity index is 388. The van der Waals surface area contributed by atoms with E-state index < -0.39 is 0 Å². The summed E-state index contributed by atoms with van der Waals surface area (Å²) >= 11 is 0. The fourth-order valence-electron chi connectivity index (χ4n) is 3.41. The summed E-state index contributed by atoms with van der Waals surface area (Å²) in [4.78, 5) is 0. The van der Waals surface area contributed by atoms with Crippen molar-refractivity contribution in [3.63, 3.8) is 0 Å². The van der Waals surface area contributed by atoms with Gasteiger partial charge in [-0.3, -0.25) is 0 Å². The van der Waals surface area contributed by atoms with Gasteiger partial charge >= 0.3 is 0 Å². The molecule has 94 valence electrons. The molecule has 0 aromatic carbocycles. The number of hydrogen-bond donors (Lipinski definition) is 2. The van der Waals surface area contributed by atoms with Crippen molar-refractivity contribution >= 4 is 0 Å². The summed E-state index contributed by atoms with van der Waals surface area (Å²) in [5.74, 6) is 0.994. The predicted octanol–water partition coefficient (Wildman–Crippen LogP) is 2.45. The molecule has 0 amide bonds. The zero-order chi connectivity index (χ0) is 12.6. The van der Waals surface area contributed by atoms with E-state index in [1.807, 2.05) is 0 Å². The molecular formula is C15H22O2. The maximum absolute atomic E-state index is 9.42. The van der Waals surface area contributed by atoms with Crippen LogP contribution in [0.15, 0.2) is 35.5 Å². The van der Waals surface area contributed by atoms with Gasteiger partial charge in [-0.2, -0.15) is 0 Å². The van der Waals surface area contributed by atoms with Crippen molar-refractivity contribution in [3.8, 4) is 0 Å². The quantitative estimate of drug-likeness (QED) is 0.770. The molecule has 2 aliphatic carbocycles. The van der Waals surface area contributed by atoms with Crippen LogP contribution in [0, 0.1) is 17.3 Å². The van der Waals surface area contributed by atoms with Gasteiger partial charge < -0.3 is 10.2 Å². The van der Waals surface area contributed by atoms with Gasteiger partial charge in [0.05, 0.1) is 13.2 Å². The van der Waals surface area contributed by atoms with Gasteiger partial charge in [-0.25, -0.2) is 0 Å². The topological polar surface area (TPSA) is 40.5 Å². The molecule has 1 fully saturated rings. The number of allylic oxidation sites excluding steroid dienone is 2. The van der Waals surface area contributed by atoms with E-state index in [1.54, 1.807) is 6.08 Å². The molecule has 0 saturated heterocycles. The Morgan fingerprint density at radius 1 is 1.41 bits per heavy atom. The lowest BCUT2D eigenvalue weighted by Crippen LogP contribution is -2.18. The first-order chi connectivity index (χ1) is 7.98. The number of rotatable bonds is 2. The zero-order valence-electron chi connectivity index (χ0n) is 10.7. The first-order valence-electron chi connectivity index (χ1n) is 6.30. The number of aliphatic hydroxyl groups excluding tert-OH is 2. The smallest absolute Gasteiger partial charge is 0.0684 e. The summed E-state index contributed by atoms with van der Waals surface area (Å²) in [5.41, 5.74) is 3.35. The molecule has 0 heterocycles. The summed E-state index contributed by atoms with van der Waals surface area (Å²) < 4.78 is 0. The fraction of sp³-hybridized carbons (Fsp3) is 0.600. The van der Waals surface area contributed by atoms with Crippen molar-refractivity contribution in [2.24, 2.45) is 17.3 Å². The molecule has 2 aliphatic rings. The third-order valence-corrected chi connectivity index (χ3v) is 4.10. The van der Waals surface area contributed by atoms with Crippen LogP contribution in [0.5, 0.6) is 0 Å². The lowest BCUT2D eigenvalue weighted by Gasteiger charge is -2.29. The molecule has 0 unspecified atom stereocenters. The average Bonchev–Trinajstić information content (AvgIpc) is 2.57. The molecule has 0 aromatic heterocycles. The van der Waals surface area contributed by atoms with Crippen LogP contribution in [0.4, 0.5) is 0 Å². The maximum atomic E-state index is 9.42. The van der Waals surface area contributed by atoms with E-state index in [9.17, 15) is 5.11 Å². The molecule has 0 bridgehead atoms. The van der Waals surface area contributed by atoms with Crippen molar-refractivity contribution in [2.45, 2.75) is 26.7 Å². The molecular weight excluding hydrogens is 212 g/mol. The van der Waals surface area contributed by atoms with Crippen LogP contribution >= 0.6 is 0 Å². The highest BCUT2D eigenvalue weighted by molar-refractivity contribution is 5.51. The molecule has 0 aromatic rings. The van der Waals surface area contributed by atoms with Crippen LogP contribution < -0.4 is 0 Å². The van der Waals surface area contributed by atoms with Crippen LogP contribution in [0.25, 0.3) is 0 Å². The molecule has 2 N–H and O–H groups in total. The van der Waals surface area contributed by atoms with E-state index in [4.69, 9.17) is 5.11 Å². The van der Waals surface area contributed by atoms with Crippen molar-refractivity contribution in [1.82, 2.24) is 0 Å². The highest BCUT2D eigenvalue weighted by Crippen LogP contribution is 2.52. The minimum atomic E-state index is 0.00642. The van der Waals surface area contributed by atoms with Crippen molar-refractivity contribution in [3.05, 3.63) is 35.5 Å². The van der Waals surface area contributed by atoms with Gasteiger partial charge in [-0.1, -0.05) is 32.6 Å². The first-order valence-corrected chi connectivity index (χ1v) is 6.30. The van der Waals surface area contributed by atoms with E-state index in [0.29, 0.717) is 17.3 Å². The number of fused-ring (bicyclic) bond motifs is 1. The van der Waals surface area contributed by atoms with Crippen LogP contribution in [0.2, 0.25) is 0 Å². The summed E-state index contributed by atoms with van der Waals surface area (Å²) in [6.45, 7) is 8.82. The lowest BCUT2D eigenvalue weighted by molar-refractivity contribution is 0.325. The molecule has 1 saturated carbocycles. The summed E-state index contributed by atoms with van der Waals surface area (Å²) in [6, 6.07) is 0. The van der Waals surface area contributed by atoms with E-state index in [0.717, 1.165) is 29.6 Å². The van der Waals surface area contributed by atoms with E-state index in [-0.39, 0.29) is 13.2 Å². The number of hydrogen-bond acceptors (Lipinski definition) is 2. The van der Waals surface area contributed by atoms with Crippen LogP contribution in [0.1, 0.15) is 26.7 Å². The average molecular weight is 234 g/mol. The summed E-state index contributed by atoms with van der Waals surface area (Å²) in [7, 11) is 0. The minimum Gasteiger partial charge on any atom is -0.392 e. The highest BCUT2D eigenvalue weighted by Gasteiger charge is 2.42. The van der Waals surface area contributed by atoms with Crippen LogP contribution in [0.3, 0.4) is 0 Å². The fourth-order valence-corrected chi connectivity index (χ4v) is 3.41. The molecule has 2 rings (SSSR count). The summed E-state index contributed by atoms with van der Waals surface area (Å²) in [6.07, 6.45) is 6.27. The van der Waals surface area contributed by atoms with E-state index >= 15 is 0 Å². The van der Waals surface area contributed by atoms with Gasteiger partial charge in [-0.05, 0) is 46.8 Å². The normalized spacial score (nSPS) is 33.8. The molecule has 0 radical (unpaired) electrons. The van der Waals surface area contributed by atoms with Crippen molar-refractivity contribution < 1.29 is 10.2 Å². The Kier molecular flexibility index (Phi) is 3.28. The standard InChI is InChI=1S/C15H22O2/c1-10-13(4-5-16)12(9-17)6-11-7-15(2,3)8-14(10)11/h4,6,11,14,16-17H,1,5,7-9H2,2-3H3/b13-4+/t11-,14+/m1/s1. The molecule has 2 atom stereocenters. The second-order valence-electron chi connectivity index (χ2n) is 6.02. The molecule has 0 spiro atoms. The second kappa shape index (κ2) is 4.43.